The van der Waals surface area contributed by atoms with Crippen molar-refractivity contribution in [2.24, 2.45) is 0 Å². The van der Waals surface area contributed by atoms with E-state index in [1.165, 1.54) is 11.3 Å². The van der Waals surface area contributed by atoms with Crippen LogP contribution in [0, 0.1) is 11.3 Å². The maximum Gasteiger partial charge on any atom is 0.136 e. The van der Waals surface area contributed by atoms with Gasteiger partial charge in [0.05, 0.1) is 5.69 Å². The zero-order valence-electron chi connectivity index (χ0n) is 10.3. The van der Waals surface area contributed by atoms with Gasteiger partial charge in [-0.1, -0.05) is 30.3 Å². The third-order valence-electron chi connectivity index (χ3n) is 2.31. The van der Waals surface area contributed by atoms with E-state index in [1.807, 2.05) is 54.7 Å². The summed E-state index contributed by atoms with van der Waals surface area (Å²) in [5.41, 5.74) is 2.57. The summed E-state index contributed by atoms with van der Waals surface area (Å²) < 4.78 is 0. The van der Waals surface area contributed by atoms with Gasteiger partial charge < -0.3 is 4.90 Å². The average Bonchev–Trinajstić information content (AvgIpc) is 2.86. The van der Waals surface area contributed by atoms with Gasteiger partial charge in [-0.2, -0.15) is 5.26 Å². The number of hydrogen-bond acceptors (Lipinski definition) is 4. The fraction of sp³-hybridized carbons (Fsp3) is 0.143. The van der Waals surface area contributed by atoms with Crippen molar-refractivity contribution in [3.63, 3.8) is 0 Å². The second kappa shape index (κ2) is 5.48. The summed E-state index contributed by atoms with van der Waals surface area (Å²) in [6, 6.07) is 12.1. The van der Waals surface area contributed by atoms with Gasteiger partial charge in [0.25, 0.3) is 0 Å². The first-order valence-electron chi connectivity index (χ1n) is 5.50. The van der Waals surface area contributed by atoms with E-state index in [-0.39, 0.29) is 0 Å². The molecule has 2 rings (SSSR count). The lowest BCUT2D eigenvalue weighted by molar-refractivity contribution is 0.566. The molecule has 1 aromatic heterocycles. The molecule has 0 radical (unpaired) electrons. The van der Waals surface area contributed by atoms with Crippen molar-refractivity contribution in [3.05, 3.63) is 46.9 Å². The minimum absolute atomic E-state index is 0.590. The third-order valence-corrected chi connectivity index (χ3v) is 3.19. The van der Waals surface area contributed by atoms with E-state index in [0.717, 1.165) is 16.3 Å². The number of benzene rings is 1. The highest BCUT2D eigenvalue weighted by Gasteiger charge is 2.08. The molecule has 0 aliphatic heterocycles. The Bertz CT molecular complexity index is 591. The molecule has 0 unspecified atom stereocenters. The van der Waals surface area contributed by atoms with E-state index in [2.05, 4.69) is 11.1 Å². The molecule has 0 saturated carbocycles. The van der Waals surface area contributed by atoms with Crippen LogP contribution in [0.5, 0.6) is 0 Å². The molecule has 2 aromatic rings. The van der Waals surface area contributed by atoms with E-state index in [0.29, 0.717) is 5.57 Å². The van der Waals surface area contributed by atoms with Gasteiger partial charge in [-0.05, 0) is 0 Å². The van der Waals surface area contributed by atoms with Crippen molar-refractivity contribution < 1.29 is 0 Å². The van der Waals surface area contributed by atoms with Gasteiger partial charge in [0.1, 0.15) is 16.6 Å². The van der Waals surface area contributed by atoms with Crippen LogP contribution >= 0.6 is 11.3 Å². The van der Waals surface area contributed by atoms with Crippen LogP contribution in [0.2, 0.25) is 0 Å². The molecule has 0 amide bonds. The lowest BCUT2D eigenvalue weighted by Crippen LogP contribution is -2.02. The minimum atomic E-state index is 0.590. The Balaban J connectivity index is 2.34. The molecule has 0 saturated heterocycles. The van der Waals surface area contributed by atoms with Crippen LogP contribution < -0.4 is 0 Å². The number of allylic oxidation sites excluding steroid dienone is 1. The van der Waals surface area contributed by atoms with E-state index in [1.54, 1.807) is 6.20 Å². The predicted molar refractivity (Wildman–Crippen MR) is 74.8 cm³/mol. The monoisotopic (exact) mass is 255 g/mol. The second-order valence-electron chi connectivity index (χ2n) is 4.02. The Morgan fingerprint density at radius 3 is 2.67 bits per heavy atom. The Morgan fingerprint density at radius 1 is 1.33 bits per heavy atom. The van der Waals surface area contributed by atoms with Crippen molar-refractivity contribution in [3.8, 4) is 17.3 Å². The van der Waals surface area contributed by atoms with Gasteiger partial charge in [-0.15, -0.1) is 11.3 Å². The molecule has 0 spiro atoms. The third kappa shape index (κ3) is 2.76. The summed E-state index contributed by atoms with van der Waals surface area (Å²) in [6.07, 6.45) is 1.79. The van der Waals surface area contributed by atoms with Crippen molar-refractivity contribution in [1.82, 2.24) is 9.88 Å². The maximum atomic E-state index is 9.13. The van der Waals surface area contributed by atoms with Gasteiger partial charge in [0, 0.05) is 31.2 Å². The first-order chi connectivity index (χ1) is 8.70. The highest BCUT2D eigenvalue weighted by atomic mass is 32.1. The van der Waals surface area contributed by atoms with Crippen molar-refractivity contribution in [1.29, 1.82) is 5.26 Å². The fourth-order valence-corrected chi connectivity index (χ4v) is 2.32. The first-order valence-corrected chi connectivity index (χ1v) is 6.38. The lowest BCUT2D eigenvalue weighted by Gasteiger charge is -2.04. The van der Waals surface area contributed by atoms with Gasteiger partial charge in [0.15, 0.2) is 0 Å². The number of nitrogens with zero attached hydrogens (tertiary/aromatic N) is 3. The standard InChI is InChI=1S/C14H13N3S/c1-17(2)9-12(8-15)14-16-13(10-18-14)11-6-4-3-5-7-11/h3-7,9-10H,1-2H3/b12-9+. The normalized spacial score (nSPS) is 11.1. The molecule has 90 valence electrons. The molecule has 3 nitrogen and oxygen atoms in total. The molecule has 18 heavy (non-hydrogen) atoms. The highest BCUT2D eigenvalue weighted by molar-refractivity contribution is 7.11. The number of rotatable bonds is 3. The molecule has 0 N–H and O–H groups in total. The van der Waals surface area contributed by atoms with Crippen LogP contribution in [-0.4, -0.2) is 24.0 Å². The number of hydrogen-bond donors (Lipinski definition) is 0. The summed E-state index contributed by atoms with van der Waals surface area (Å²) in [7, 11) is 3.78. The highest BCUT2D eigenvalue weighted by Crippen LogP contribution is 2.25. The van der Waals surface area contributed by atoms with Crippen LogP contribution in [0.1, 0.15) is 5.01 Å². The van der Waals surface area contributed by atoms with Crippen LogP contribution in [0.25, 0.3) is 16.8 Å². The second-order valence-corrected chi connectivity index (χ2v) is 4.88. The molecule has 0 aliphatic carbocycles. The summed E-state index contributed by atoms with van der Waals surface area (Å²) in [5, 5.41) is 11.9. The predicted octanol–water partition coefficient (Wildman–Crippen LogP) is 3.24. The van der Waals surface area contributed by atoms with Crippen molar-refractivity contribution in [2.45, 2.75) is 0 Å². The molecule has 0 bridgehead atoms. The molecule has 0 atom stereocenters. The first kappa shape index (κ1) is 12.3. The Kier molecular flexibility index (Phi) is 3.75. The average molecular weight is 255 g/mol. The lowest BCUT2D eigenvalue weighted by atomic mass is 10.2. The number of nitriles is 1. The smallest absolute Gasteiger partial charge is 0.136 e. The van der Waals surface area contributed by atoms with Crippen LogP contribution in [0.4, 0.5) is 0 Å². The van der Waals surface area contributed by atoms with Crippen LogP contribution in [-0.2, 0) is 0 Å². The largest absolute Gasteiger partial charge is 0.382 e. The van der Waals surface area contributed by atoms with E-state index >= 15 is 0 Å². The van der Waals surface area contributed by atoms with Gasteiger partial charge in [0.2, 0.25) is 0 Å². The SMILES string of the molecule is CN(C)/C=C(\C#N)c1nc(-c2ccccc2)cs1. The van der Waals surface area contributed by atoms with Crippen molar-refractivity contribution in [2.75, 3.05) is 14.1 Å². The van der Waals surface area contributed by atoms with Crippen molar-refractivity contribution >= 4 is 16.9 Å². The molecule has 4 heteroatoms. The van der Waals surface area contributed by atoms with Crippen LogP contribution in [0.3, 0.4) is 0 Å². The van der Waals surface area contributed by atoms with E-state index < -0.39 is 0 Å². The van der Waals surface area contributed by atoms with Crippen LogP contribution in [0.15, 0.2) is 41.9 Å². The molecule has 0 fully saturated rings. The molecule has 1 aromatic carbocycles. The molecular formula is C14H13N3S. The van der Waals surface area contributed by atoms with E-state index in [9.17, 15) is 0 Å². The summed E-state index contributed by atoms with van der Waals surface area (Å²) >= 11 is 1.49. The van der Waals surface area contributed by atoms with Gasteiger partial charge >= 0.3 is 0 Å². The number of aromatic nitrogens is 1. The van der Waals surface area contributed by atoms with Gasteiger partial charge in [-0.3, -0.25) is 0 Å². The number of thiazole rings is 1. The topological polar surface area (TPSA) is 39.9 Å². The summed E-state index contributed by atoms with van der Waals surface area (Å²) in [6.45, 7) is 0. The quantitative estimate of drug-likeness (QED) is 0.790. The zero-order valence-corrected chi connectivity index (χ0v) is 11.1. The fourth-order valence-electron chi connectivity index (χ4n) is 1.53. The molecule has 0 aliphatic rings. The molecule has 1 heterocycles. The van der Waals surface area contributed by atoms with Gasteiger partial charge in [-0.25, -0.2) is 4.98 Å². The Labute approximate surface area is 111 Å². The Morgan fingerprint density at radius 2 is 2.06 bits per heavy atom. The molecular weight excluding hydrogens is 242 g/mol. The minimum Gasteiger partial charge on any atom is -0.382 e. The summed E-state index contributed by atoms with van der Waals surface area (Å²) in [5.74, 6) is 0. The summed E-state index contributed by atoms with van der Waals surface area (Å²) in [4.78, 5) is 6.36. The zero-order chi connectivity index (χ0) is 13.0. The Hall–Kier alpha value is -2.12. The maximum absolute atomic E-state index is 9.13. The van der Waals surface area contributed by atoms with E-state index in [4.69, 9.17) is 5.26 Å².